The van der Waals surface area contributed by atoms with E-state index in [2.05, 4.69) is 0 Å². The normalized spacial score (nSPS) is 11.1. The van der Waals surface area contributed by atoms with Crippen LogP contribution in [0.1, 0.15) is 34.6 Å². The van der Waals surface area contributed by atoms with Gasteiger partial charge in [-0.15, -0.1) is 0 Å². The van der Waals surface area contributed by atoms with Gasteiger partial charge in [0.2, 0.25) is 0 Å². The van der Waals surface area contributed by atoms with Crippen LogP contribution in [-0.4, -0.2) is 40.4 Å². The summed E-state index contributed by atoms with van der Waals surface area (Å²) in [6, 6.07) is 0. The molecule has 0 unspecified atom stereocenters. The van der Waals surface area contributed by atoms with Crippen LogP contribution in [-0.2, 0) is 18.1 Å². The predicted molar refractivity (Wildman–Crippen MR) is 69.1 cm³/mol. The highest BCUT2D eigenvalue weighted by molar-refractivity contribution is 6.36. The van der Waals surface area contributed by atoms with Crippen molar-refractivity contribution in [3.63, 3.8) is 0 Å². The zero-order valence-corrected chi connectivity index (χ0v) is 12.5. The van der Waals surface area contributed by atoms with Crippen molar-refractivity contribution in [2.75, 3.05) is 19.8 Å². The third-order valence-electron chi connectivity index (χ3n) is 1.68. The van der Waals surface area contributed by atoms with Crippen LogP contribution in [0.3, 0.4) is 0 Å². The van der Waals surface area contributed by atoms with E-state index in [0.29, 0.717) is 25.4 Å². The quantitative estimate of drug-likeness (QED) is 0.561. The SMILES string of the molecule is C/C=C(\C)C(=O)O.CCO[SiH](OCC)OCC. The van der Waals surface area contributed by atoms with Crippen molar-refractivity contribution in [1.82, 2.24) is 0 Å². The fraction of sp³-hybridized carbons (Fsp3) is 0.727. The zero-order chi connectivity index (χ0) is 13.7. The van der Waals surface area contributed by atoms with Gasteiger partial charge in [0.25, 0.3) is 0 Å². The van der Waals surface area contributed by atoms with E-state index in [4.69, 9.17) is 18.4 Å². The van der Waals surface area contributed by atoms with Gasteiger partial charge in [0.15, 0.2) is 0 Å². The summed E-state index contributed by atoms with van der Waals surface area (Å²) < 4.78 is 15.7. The standard InChI is InChI=1S/C6H16O3Si.C5H8O2/c1-4-7-10(8-5-2)9-6-3;1-3-4(2)5(6)7/h10H,4-6H2,1-3H3;3H,1-2H3,(H,6,7)/b;4-3+. The number of carboxylic acids is 1. The molecule has 0 aromatic heterocycles. The fourth-order valence-corrected chi connectivity index (χ4v) is 1.78. The van der Waals surface area contributed by atoms with Gasteiger partial charge in [0, 0.05) is 25.4 Å². The number of hydrogen-bond acceptors (Lipinski definition) is 4. The first-order valence-electron chi connectivity index (χ1n) is 5.74. The van der Waals surface area contributed by atoms with Crippen LogP contribution in [0.2, 0.25) is 0 Å². The molecular weight excluding hydrogens is 240 g/mol. The molecule has 0 saturated carbocycles. The molecule has 6 heteroatoms. The molecule has 102 valence electrons. The lowest BCUT2D eigenvalue weighted by molar-refractivity contribution is -0.132. The molecule has 1 N–H and O–H groups in total. The maximum absolute atomic E-state index is 9.86. The third kappa shape index (κ3) is 13.2. The van der Waals surface area contributed by atoms with Gasteiger partial charge in [0.1, 0.15) is 0 Å². The van der Waals surface area contributed by atoms with Gasteiger partial charge >= 0.3 is 15.5 Å². The predicted octanol–water partition coefficient (Wildman–Crippen LogP) is 1.85. The Morgan fingerprint density at radius 3 is 1.59 bits per heavy atom. The van der Waals surface area contributed by atoms with Gasteiger partial charge in [-0.2, -0.15) is 0 Å². The molecule has 0 heterocycles. The van der Waals surface area contributed by atoms with E-state index in [0.717, 1.165) is 0 Å². The number of rotatable bonds is 7. The Labute approximate surface area is 105 Å². The Balaban J connectivity index is 0. The van der Waals surface area contributed by atoms with Crippen molar-refractivity contribution >= 4 is 15.5 Å². The second-order valence-electron chi connectivity index (χ2n) is 2.93. The number of allylic oxidation sites excluding steroid dienone is 1. The van der Waals surface area contributed by atoms with Gasteiger partial charge in [-0.1, -0.05) is 6.08 Å². The molecule has 0 radical (unpaired) electrons. The first-order chi connectivity index (χ1) is 8.03. The smallest absolute Gasteiger partial charge is 0.478 e. The molecule has 0 aliphatic rings. The lowest BCUT2D eigenvalue weighted by Gasteiger charge is -2.12. The highest BCUT2D eigenvalue weighted by Crippen LogP contribution is 1.91. The van der Waals surface area contributed by atoms with Crippen molar-refractivity contribution < 1.29 is 23.2 Å². The molecule has 17 heavy (non-hydrogen) atoms. The average molecular weight is 264 g/mol. The van der Waals surface area contributed by atoms with Gasteiger partial charge in [-0.05, 0) is 34.6 Å². The molecule has 0 aliphatic heterocycles. The van der Waals surface area contributed by atoms with Gasteiger partial charge < -0.3 is 18.4 Å². The molecule has 0 saturated heterocycles. The largest absolute Gasteiger partial charge is 0.484 e. The zero-order valence-electron chi connectivity index (χ0n) is 11.4. The lowest BCUT2D eigenvalue weighted by Crippen LogP contribution is -2.27. The van der Waals surface area contributed by atoms with Gasteiger partial charge in [-0.3, -0.25) is 0 Å². The molecule has 0 atom stereocenters. The number of hydrogen-bond donors (Lipinski definition) is 1. The van der Waals surface area contributed by atoms with E-state index in [9.17, 15) is 4.79 Å². The Morgan fingerprint density at radius 1 is 1.12 bits per heavy atom. The topological polar surface area (TPSA) is 65.0 Å². The van der Waals surface area contributed by atoms with Crippen LogP contribution in [0.4, 0.5) is 0 Å². The Morgan fingerprint density at radius 2 is 1.47 bits per heavy atom. The molecule has 0 aromatic rings. The highest BCUT2D eigenvalue weighted by Gasteiger charge is 2.11. The van der Waals surface area contributed by atoms with E-state index in [-0.39, 0.29) is 0 Å². The summed E-state index contributed by atoms with van der Waals surface area (Å²) in [6.45, 7) is 11.1. The fourth-order valence-electron chi connectivity index (χ4n) is 0.676. The van der Waals surface area contributed by atoms with Crippen LogP contribution in [0.15, 0.2) is 11.6 Å². The first-order valence-corrected chi connectivity index (χ1v) is 7.15. The summed E-state index contributed by atoms with van der Waals surface area (Å²) in [5.74, 6) is -0.845. The van der Waals surface area contributed by atoms with Crippen LogP contribution < -0.4 is 0 Å². The van der Waals surface area contributed by atoms with Crippen molar-refractivity contribution in [3.8, 4) is 0 Å². The van der Waals surface area contributed by atoms with E-state index in [1.807, 2.05) is 20.8 Å². The highest BCUT2D eigenvalue weighted by atomic mass is 28.3. The molecule has 0 aromatic carbocycles. The summed E-state index contributed by atoms with van der Waals surface area (Å²) in [6.07, 6.45) is 1.56. The number of carbonyl (C=O) groups is 1. The lowest BCUT2D eigenvalue weighted by atomic mass is 10.3. The molecule has 0 spiro atoms. The number of aliphatic carboxylic acids is 1. The Hall–Kier alpha value is -0.693. The first kappa shape index (κ1) is 18.7. The van der Waals surface area contributed by atoms with Crippen molar-refractivity contribution in [3.05, 3.63) is 11.6 Å². The molecule has 0 amide bonds. The minimum absolute atomic E-state index is 0.389. The molecular formula is C11H24O5Si. The monoisotopic (exact) mass is 264 g/mol. The summed E-state index contributed by atoms with van der Waals surface area (Å²) in [5, 5.41) is 8.11. The summed E-state index contributed by atoms with van der Waals surface area (Å²) in [4.78, 5) is 9.86. The molecule has 0 aliphatic carbocycles. The summed E-state index contributed by atoms with van der Waals surface area (Å²) in [5.41, 5.74) is 0.389. The van der Waals surface area contributed by atoms with Crippen LogP contribution in [0.5, 0.6) is 0 Å². The second-order valence-corrected chi connectivity index (χ2v) is 4.51. The Kier molecular flexibility index (Phi) is 14.7. The van der Waals surface area contributed by atoms with Crippen molar-refractivity contribution in [1.29, 1.82) is 0 Å². The van der Waals surface area contributed by atoms with E-state index in [1.54, 1.807) is 19.9 Å². The van der Waals surface area contributed by atoms with E-state index in [1.165, 1.54) is 0 Å². The van der Waals surface area contributed by atoms with Crippen LogP contribution >= 0.6 is 0 Å². The van der Waals surface area contributed by atoms with Crippen molar-refractivity contribution in [2.24, 2.45) is 0 Å². The molecule has 5 nitrogen and oxygen atoms in total. The third-order valence-corrected chi connectivity index (χ3v) is 3.50. The molecule has 0 bridgehead atoms. The van der Waals surface area contributed by atoms with Crippen LogP contribution in [0.25, 0.3) is 0 Å². The Bertz CT molecular complexity index is 204. The maximum Gasteiger partial charge on any atom is 0.484 e. The average Bonchev–Trinajstić information content (AvgIpc) is 2.30. The minimum atomic E-state index is -1.73. The summed E-state index contributed by atoms with van der Waals surface area (Å²) in [7, 11) is -1.73. The number of carboxylic acid groups (broad SMARTS) is 1. The summed E-state index contributed by atoms with van der Waals surface area (Å²) >= 11 is 0. The maximum atomic E-state index is 9.86. The van der Waals surface area contributed by atoms with Crippen molar-refractivity contribution in [2.45, 2.75) is 34.6 Å². The molecule has 0 fully saturated rings. The van der Waals surface area contributed by atoms with Gasteiger partial charge in [-0.25, -0.2) is 4.79 Å². The van der Waals surface area contributed by atoms with Crippen LogP contribution in [0, 0.1) is 0 Å². The molecule has 0 rings (SSSR count). The second kappa shape index (κ2) is 13.4. The minimum Gasteiger partial charge on any atom is -0.478 e. The van der Waals surface area contributed by atoms with E-state index < -0.39 is 15.5 Å². The van der Waals surface area contributed by atoms with E-state index >= 15 is 0 Å². The van der Waals surface area contributed by atoms with Gasteiger partial charge in [0.05, 0.1) is 0 Å².